The van der Waals surface area contributed by atoms with Crippen LogP contribution in [0.4, 0.5) is 4.79 Å². The number of aliphatic hydroxyl groups is 3. The number of carbonyl (C=O) groups is 2. The average molecular weight is 347 g/mol. The van der Waals surface area contributed by atoms with Crippen molar-refractivity contribution in [3.63, 3.8) is 0 Å². The summed E-state index contributed by atoms with van der Waals surface area (Å²) in [5, 5.41) is 31.4. The molecule has 0 spiro atoms. The first-order chi connectivity index (χ1) is 10.9. The number of nitrogens with zero attached hydrogens (tertiary/aromatic N) is 1. The summed E-state index contributed by atoms with van der Waals surface area (Å²) in [4.78, 5) is 25.6. The summed E-state index contributed by atoms with van der Waals surface area (Å²) in [7, 11) is 0. The van der Waals surface area contributed by atoms with Crippen molar-refractivity contribution in [2.24, 2.45) is 5.92 Å². The number of hydrogen-bond acceptors (Lipinski definition) is 7. The Labute approximate surface area is 142 Å². The molecule has 1 amide bonds. The summed E-state index contributed by atoms with van der Waals surface area (Å²) in [6.45, 7) is 9.73. The van der Waals surface area contributed by atoms with Crippen molar-refractivity contribution in [2.45, 2.75) is 71.0 Å². The minimum Gasteiger partial charge on any atom is -0.464 e. The van der Waals surface area contributed by atoms with E-state index in [0.29, 0.717) is 0 Å². The normalized spacial score (nSPS) is 31.1. The van der Waals surface area contributed by atoms with Crippen molar-refractivity contribution >= 4 is 12.1 Å². The van der Waals surface area contributed by atoms with E-state index in [1.54, 1.807) is 41.5 Å². The van der Waals surface area contributed by atoms with Gasteiger partial charge < -0.3 is 24.8 Å². The van der Waals surface area contributed by atoms with E-state index in [0.717, 1.165) is 4.90 Å². The van der Waals surface area contributed by atoms with Crippen LogP contribution in [-0.4, -0.2) is 74.9 Å². The minimum absolute atomic E-state index is 0.0112. The number of likely N-dealkylation sites (tertiary alicyclic amines) is 1. The Morgan fingerprint density at radius 2 is 1.83 bits per heavy atom. The van der Waals surface area contributed by atoms with E-state index < -0.39 is 41.5 Å². The molecule has 1 saturated heterocycles. The van der Waals surface area contributed by atoms with Gasteiger partial charge in [0.25, 0.3) is 0 Å². The predicted octanol–water partition coefficient (Wildman–Crippen LogP) is 0.278. The van der Waals surface area contributed by atoms with Crippen LogP contribution in [0.1, 0.15) is 41.5 Å². The Kier molecular flexibility index (Phi) is 6.24. The van der Waals surface area contributed by atoms with E-state index >= 15 is 0 Å². The van der Waals surface area contributed by atoms with Crippen molar-refractivity contribution in [1.82, 2.24) is 4.90 Å². The topological polar surface area (TPSA) is 117 Å². The fourth-order valence-electron chi connectivity index (χ4n) is 2.82. The van der Waals surface area contributed by atoms with E-state index in [4.69, 9.17) is 9.47 Å². The standard InChI is InChI=1S/C16H29NO7/c1-7-23-13(20)16(22)10(18)8-17(11(9(2)3)12(16)19)14(21)24-15(4,5)6/h9-12,18-19,22H,7-8H2,1-6H3/t10-,11-,12-,16-/m0/s1. The fraction of sp³-hybridized carbons (Fsp3) is 0.875. The Morgan fingerprint density at radius 1 is 1.29 bits per heavy atom. The molecule has 0 unspecified atom stereocenters. The summed E-state index contributed by atoms with van der Waals surface area (Å²) < 4.78 is 10.1. The molecule has 0 aromatic rings. The summed E-state index contributed by atoms with van der Waals surface area (Å²) in [6.07, 6.45) is -4.15. The van der Waals surface area contributed by atoms with E-state index in [-0.39, 0.29) is 19.1 Å². The first-order valence-corrected chi connectivity index (χ1v) is 8.11. The van der Waals surface area contributed by atoms with Crippen molar-refractivity contribution in [2.75, 3.05) is 13.2 Å². The maximum absolute atomic E-state index is 12.4. The molecule has 0 aromatic carbocycles. The molecule has 4 atom stereocenters. The van der Waals surface area contributed by atoms with Crippen LogP contribution in [0.3, 0.4) is 0 Å². The lowest BCUT2D eigenvalue weighted by atomic mass is 9.77. The minimum atomic E-state index is -2.50. The fourth-order valence-corrected chi connectivity index (χ4v) is 2.82. The van der Waals surface area contributed by atoms with Crippen LogP contribution in [0.25, 0.3) is 0 Å². The third kappa shape index (κ3) is 3.99. The maximum atomic E-state index is 12.4. The number of piperidine rings is 1. The van der Waals surface area contributed by atoms with E-state index in [9.17, 15) is 24.9 Å². The van der Waals surface area contributed by atoms with Gasteiger partial charge in [-0.25, -0.2) is 9.59 Å². The molecule has 0 bridgehead atoms. The summed E-state index contributed by atoms with van der Waals surface area (Å²) in [5.74, 6) is -1.42. The lowest BCUT2D eigenvalue weighted by Crippen LogP contribution is -2.73. The molecule has 0 aliphatic carbocycles. The van der Waals surface area contributed by atoms with Crippen molar-refractivity contribution in [3.8, 4) is 0 Å². The van der Waals surface area contributed by atoms with Gasteiger partial charge in [-0.1, -0.05) is 13.8 Å². The summed E-state index contributed by atoms with van der Waals surface area (Å²) in [5.41, 5.74) is -3.26. The molecule has 0 aromatic heterocycles. The largest absolute Gasteiger partial charge is 0.464 e. The average Bonchev–Trinajstić information content (AvgIpc) is 2.41. The number of amides is 1. The van der Waals surface area contributed by atoms with Gasteiger partial charge >= 0.3 is 12.1 Å². The van der Waals surface area contributed by atoms with Gasteiger partial charge in [-0.3, -0.25) is 4.90 Å². The summed E-state index contributed by atoms with van der Waals surface area (Å²) >= 11 is 0. The second kappa shape index (κ2) is 7.25. The van der Waals surface area contributed by atoms with Crippen molar-refractivity contribution in [1.29, 1.82) is 0 Å². The van der Waals surface area contributed by atoms with Gasteiger partial charge in [0, 0.05) is 0 Å². The monoisotopic (exact) mass is 347 g/mol. The molecule has 0 radical (unpaired) electrons. The van der Waals surface area contributed by atoms with Gasteiger partial charge in [0.2, 0.25) is 5.60 Å². The van der Waals surface area contributed by atoms with Gasteiger partial charge in [0.1, 0.15) is 17.8 Å². The van der Waals surface area contributed by atoms with Gasteiger partial charge in [-0.2, -0.15) is 0 Å². The van der Waals surface area contributed by atoms with Crippen LogP contribution in [0.2, 0.25) is 0 Å². The number of carbonyl (C=O) groups excluding carboxylic acids is 2. The summed E-state index contributed by atoms with van der Waals surface area (Å²) in [6, 6.07) is -0.919. The molecule has 1 aliphatic heterocycles. The number of esters is 1. The molecule has 1 fully saturated rings. The van der Waals surface area contributed by atoms with Crippen LogP contribution < -0.4 is 0 Å². The zero-order chi connectivity index (χ0) is 18.9. The zero-order valence-corrected chi connectivity index (χ0v) is 15.1. The SMILES string of the molecule is CCOC(=O)[C@]1(O)[C@@H](O)CN(C(=O)OC(C)(C)C)[C@@H](C(C)C)[C@@H]1O. The number of ether oxygens (including phenoxy) is 2. The Morgan fingerprint density at radius 3 is 2.25 bits per heavy atom. The maximum Gasteiger partial charge on any atom is 0.410 e. The molecule has 1 rings (SSSR count). The van der Waals surface area contributed by atoms with Crippen molar-refractivity contribution in [3.05, 3.63) is 0 Å². The number of hydrogen-bond donors (Lipinski definition) is 3. The highest BCUT2D eigenvalue weighted by molar-refractivity contribution is 5.82. The van der Waals surface area contributed by atoms with Gasteiger partial charge in [-0.05, 0) is 33.6 Å². The smallest absolute Gasteiger partial charge is 0.410 e. The zero-order valence-electron chi connectivity index (χ0n) is 15.1. The quantitative estimate of drug-likeness (QED) is 0.628. The molecule has 3 N–H and O–H groups in total. The molecular weight excluding hydrogens is 318 g/mol. The van der Waals surface area contributed by atoms with Crippen LogP contribution in [0.5, 0.6) is 0 Å². The lowest BCUT2D eigenvalue weighted by Gasteiger charge is -2.49. The van der Waals surface area contributed by atoms with Crippen LogP contribution in [0.15, 0.2) is 0 Å². The second-order valence-corrected chi connectivity index (χ2v) is 7.37. The highest BCUT2D eigenvalue weighted by atomic mass is 16.6. The van der Waals surface area contributed by atoms with Crippen LogP contribution in [-0.2, 0) is 14.3 Å². The number of rotatable bonds is 3. The Hall–Kier alpha value is -1.38. The first-order valence-electron chi connectivity index (χ1n) is 8.11. The Bertz CT molecular complexity index is 474. The molecule has 140 valence electrons. The van der Waals surface area contributed by atoms with Gasteiger partial charge in [-0.15, -0.1) is 0 Å². The third-order valence-corrected chi connectivity index (χ3v) is 3.93. The Balaban J connectivity index is 3.17. The highest BCUT2D eigenvalue weighted by Crippen LogP contribution is 2.33. The molecule has 1 aliphatic rings. The molecule has 1 heterocycles. The third-order valence-electron chi connectivity index (χ3n) is 3.93. The number of β-amino-alcohol motifs (C(OH)–C–C–N with tert-alkyl or cyclic N) is 1. The van der Waals surface area contributed by atoms with Crippen molar-refractivity contribution < 1.29 is 34.4 Å². The number of aliphatic hydroxyl groups excluding tert-OH is 2. The lowest BCUT2D eigenvalue weighted by molar-refractivity contribution is -0.224. The van der Waals surface area contributed by atoms with Gasteiger partial charge in [0.05, 0.1) is 19.2 Å². The first kappa shape index (κ1) is 20.7. The van der Waals surface area contributed by atoms with Gasteiger partial charge in [0.15, 0.2) is 0 Å². The molecular formula is C16H29NO7. The van der Waals surface area contributed by atoms with E-state index in [1.165, 1.54) is 0 Å². The van der Waals surface area contributed by atoms with Crippen LogP contribution >= 0.6 is 0 Å². The predicted molar refractivity (Wildman–Crippen MR) is 85.2 cm³/mol. The molecule has 8 heteroatoms. The van der Waals surface area contributed by atoms with Crippen LogP contribution in [0, 0.1) is 5.92 Å². The second-order valence-electron chi connectivity index (χ2n) is 7.37. The molecule has 8 nitrogen and oxygen atoms in total. The molecule has 0 saturated carbocycles. The van der Waals surface area contributed by atoms with E-state index in [2.05, 4.69) is 0 Å². The molecule has 24 heavy (non-hydrogen) atoms. The highest BCUT2D eigenvalue weighted by Gasteiger charge is 2.60. The van der Waals surface area contributed by atoms with E-state index in [1.807, 2.05) is 0 Å².